The molecule has 2 N–H and O–H groups in total. The maximum absolute atomic E-state index is 12.3. The summed E-state index contributed by atoms with van der Waals surface area (Å²) in [4.78, 5) is 36.0. The molecule has 0 aliphatic carbocycles. The van der Waals surface area contributed by atoms with Crippen molar-refractivity contribution in [3.8, 4) is 0 Å². The Morgan fingerprint density at radius 2 is 1.46 bits per heavy atom. The lowest BCUT2D eigenvalue weighted by Gasteiger charge is -2.29. The molecule has 122 valence electrons. The molecule has 3 rings (SSSR count). The second-order valence-corrected chi connectivity index (χ2v) is 6.46. The maximum atomic E-state index is 12.3. The van der Waals surface area contributed by atoms with E-state index < -0.39 is 29.7 Å². The lowest BCUT2D eigenvalue weighted by atomic mass is 9.80. The van der Waals surface area contributed by atoms with E-state index in [1.54, 1.807) is 0 Å². The van der Waals surface area contributed by atoms with Crippen molar-refractivity contribution < 1.29 is 14.4 Å². The van der Waals surface area contributed by atoms with Crippen molar-refractivity contribution in [1.82, 2.24) is 10.6 Å². The zero-order valence-corrected chi connectivity index (χ0v) is 14.2. The van der Waals surface area contributed by atoms with Gasteiger partial charge in [0.2, 0.25) is 11.8 Å². The zero-order valence-electron chi connectivity index (χ0n) is 12.7. The third kappa shape index (κ3) is 3.38. The van der Waals surface area contributed by atoms with Crippen molar-refractivity contribution in [2.75, 3.05) is 0 Å². The van der Waals surface area contributed by atoms with E-state index >= 15 is 0 Å². The average molecular weight is 387 g/mol. The number of urea groups is 1. The highest BCUT2D eigenvalue weighted by molar-refractivity contribution is 9.10. The Morgan fingerprint density at radius 3 is 2.08 bits per heavy atom. The molecule has 1 unspecified atom stereocenters. The van der Waals surface area contributed by atoms with Crippen molar-refractivity contribution in [1.29, 1.82) is 0 Å². The molecule has 1 aliphatic heterocycles. The molecule has 4 amide bonds. The molecular weight excluding hydrogens is 372 g/mol. The van der Waals surface area contributed by atoms with E-state index in [1.165, 1.54) is 0 Å². The number of imide groups is 2. The highest BCUT2D eigenvalue weighted by Gasteiger charge is 2.41. The van der Waals surface area contributed by atoms with E-state index in [0.29, 0.717) is 6.42 Å². The molecule has 0 aromatic heterocycles. The summed E-state index contributed by atoms with van der Waals surface area (Å²) >= 11 is 3.50. The Hall–Kier alpha value is -2.47. The van der Waals surface area contributed by atoms with Crippen LogP contribution in [0.3, 0.4) is 0 Å². The lowest BCUT2D eigenvalue weighted by Crippen LogP contribution is -2.57. The van der Waals surface area contributed by atoms with E-state index in [9.17, 15) is 14.4 Å². The molecule has 1 saturated heterocycles. The Balaban J connectivity index is 2.02. The van der Waals surface area contributed by atoms with Gasteiger partial charge in [0.25, 0.3) is 0 Å². The van der Waals surface area contributed by atoms with Crippen molar-refractivity contribution >= 4 is 33.8 Å². The zero-order chi connectivity index (χ0) is 17.1. The number of benzene rings is 2. The van der Waals surface area contributed by atoms with Gasteiger partial charge in [-0.15, -0.1) is 0 Å². The summed E-state index contributed by atoms with van der Waals surface area (Å²) in [5.41, 5.74) is 1.86. The first-order valence-electron chi connectivity index (χ1n) is 7.50. The molecule has 1 aliphatic rings. The fourth-order valence-corrected chi connectivity index (χ4v) is 3.53. The fourth-order valence-electron chi connectivity index (χ4n) is 2.95. The van der Waals surface area contributed by atoms with Gasteiger partial charge in [0.1, 0.15) is 5.92 Å². The van der Waals surface area contributed by atoms with E-state index in [1.807, 2.05) is 54.6 Å². The molecule has 1 atom stereocenters. The molecule has 2 aromatic rings. The summed E-state index contributed by atoms with van der Waals surface area (Å²) in [6, 6.07) is 16.4. The monoisotopic (exact) mass is 386 g/mol. The Bertz CT molecular complexity index is 772. The Labute approximate surface area is 147 Å². The molecule has 6 heteroatoms. The molecule has 1 heterocycles. The van der Waals surface area contributed by atoms with Crippen LogP contribution in [0.2, 0.25) is 0 Å². The number of carbonyl (C=O) groups is 3. The van der Waals surface area contributed by atoms with E-state index in [0.717, 1.165) is 15.6 Å². The Morgan fingerprint density at radius 1 is 0.875 bits per heavy atom. The van der Waals surface area contributed by atoms with E-state index in [2.05, 4.69) is 26.6 Å². The molecule has 0 bridgehead atoms. The molecule has 0 spiro atoms. The summed E-state index contributed by atoms with van der Waals surface area (Å²) in [6.07, 6.45) is 0.503. The number of halogens is 1. The molecule has 1 fully saturated rings. The molecule has 0 radical (unpaired) electrons. The molecular formula is C18H15BrN2O3. The highest BCUT2D eigenvalue weighted by atomic mass is 79.9. The van der Waals surface area contributed by atoms with Crippen LogP contribution in [-0.4, -0.2) is 17.8 Å². The van der Waals surface area contributed by atoms with Gasteiger partial charge in [-0.05, 0) is 23.6 Å². The predicted octanol–water partition coefficient (Wildman–Crippen LogP) is 2.76. The van der Waals surface area contributed by atoms with Crippen molar-refractivity contribution in [3.05, 3.63) is 70.2 Å². The normalized spacial score (nSPS) is 16.5. The van der Waals surface area contributed by atoms with Gasteiger partial charge in [0, 0.05) is 10.4 Å². The molecule has 24 heavy (non-hydrogen) atoms. The lowest BCUT2D eigenvalue weighted by molar-refractivity contribution is -0.136. The second kappa shape index (κ2) is 6.97. The molecule has 5 nitrogen and oxygen atoms in total. The van der Waals surface area contributed by atoms with Crippen LogP contribution in [0.5, 0.6) is 0 Å². The van der Waals surface area contributed by atoms with Crippen LogP contribution in [0, 0.1) is 5.92 Å². The first-order valence-corrected chi connectivity index (χ1v) is 8.29. The van der Waals surface area contributed by atoms with Gasteiger partial charge in [-0.3, -0.25) is 20.2 Å². The van der Waals surface area contributed by atoms with Crippen molar-refractivity contribution in [2.45, 2.75) is 12.3 Å². The number of hydrogen-bond donors (Lipinski definition) is 2. The SMILES string of the molecule is O=C1NC(=O)C(C(Cc2ccccc2)c2ccccc2Br)C(=O)N1. The topological polar surface area (TPSA) is 75.3 Å². The quantitative estimate of drug-likeness (QED) is 0.793. The number of hydrogen-bond acceptors (Lipinski definition) is 3. The third-order valence-electron chi connectivity index (χ3n) is 4.04. The van der Waals surface area contributed by atoms with Crippen LogP contribution in [0.1, 0.15) is 17.0 Å². The van der Waals surface area contributed by atoms with Crippen LogP contribution in [0.4, 0.5) is 4.79 Å². The number of rotatable bonds is 4. The van der Waals surface area contributed by atoms with E-state index in [4.69, 9.17) is 0 Å². The number of barbiturate groups is 1. The summed E-state index contributed by atoms with van der Waals surface area (Å²) < 4.78 is 0.823. The minimum absolute atomic E-state index is 0.393. The fraction of sp³-hybridized carbons (Fsp3) is 0.167. The van der Waals surface area contributed by atoms with Crippen molar-refractivity contribution in [2.24, 2.45) is 5.92 Å². The average Bonchev–Trinajstić information content (AvgIpc) is 2.54. The van der Waals surface area contributed by atoms with E-state index in [-0.39, 0.29) is 0 Å². The van der Waals surface area contributed by atoms with Gasteiger partial charge in [-0.25, -0.2) is 4.79 Å². The first-order chi connectivity index (χ1) is 11.6. The third-order valence-corrected chi connectivity index (χ3v) is 4.77. The van der Waals surface area contributed by atoms with Gasteiger partial charge in [-0.2, -0.15) is 0 Å². The van der Waals surface area contributed by atoms with Gasteiger partial charge in [-0.1, -0.05) is 64.5 Å². The highest BCUT2D eigenvalue weighted by Crippen LogP contribution is 2.34. The van der Waals surface area contributed by atoms with Gasteiger partial charge < -0.3 is 0 Å². The number of carbonyl (C=O) groups excluding carboxylic acids is 3. The first kappa shape index (κ1) is 16.4. The summed E-state index contributed by atoms with van der Waals surface area (Å²) in [7, 11) is 0. The second-order valence-electron chi connectivity index (χ2n) is 5.60. The van der Waals surface area contributed by atoms with Crippen LogP contribution in [0.25, 0.3) is 0 Å². The van der Waals surface area contributed by atoms with Gasteiger partial charge in [0.15, 0.2) is 0 Å². The predicted molar refractivity (Wildman–Crippen MR) is 92.2 cm³/mol. The minimum Gasteiger partial charge on any atom is -0.277 e. The summed E-state index contributed by atoms with van der Waals surface area (Å²) in [6.45, 7) is 0. The van der Waals surface area contributed by atoms with Crippen molar-refractivity contribution in [3.63, 3.8) is 0 Å². The van der Waals surface area contributed by atoms with Crippen LogP contribution in [0.15, 0.2) is 59.1 Å². The number of amides is 4. The molecule has 0 saturated carbocycles. The molecule has 2 aromatic carbocycles. The Kier molecular flexibility index (Phi) is 4.76. The van der Waals surface area contributed by atoms with Crippen LogP contribution < -0.4 is 10.6 Å². The number of nitrogens with one attached hydrogen (secondary N) is 2. The standard InChI is InChI=1S/C18H15BrN2O3/c19-14-9-5-4-8-12(14)13(10-11-6-2-1-3-7-11)15-16(22)20-18(24)21-17(15)23/h1-9,13,15H,10H2,(H2,20,21,22,23,24). The maximum Gasteiger partial charge on any atom is 0.328 e. The smallest absolute Gasteiger partial charge is 0.277 e. The summed E-state index contributed by atoms with van der Waals surface area (Å²) in [5.74, 6) is -2.50. The minimum atomic E-state index is -0.971. The largest absolute Gasteiger partial charge is 0.328 e. The summed E-state index contributed by atoms with van der Waals surface area (Å²) in [5, 5.41) is 4.38. The van der Waals surface area contributed by atoms with Gasteiger partial charge in [0.05, 0.1) is 0 Å². The van der Waals surface area contributed by atoms with Crippen LogP contribution >= 0.6 is 15.9 Å². The van der Waals surface area contributed by atoms with Crippen LogP contribution in [-0.2, 0) is 16.0 Å². The van der Waals surface area contributed by atoms with Gasteiger partial charge >= 0.3 is 6.03 Å².